The van der Waals surface area contributed by atoms with E-state index in [9.17, 15) is 13.6 Å². The molecule has 0 saturated heterocycles. The number of carbonyl (C=O) groups is 1. The van der Waals surface area contributed by atoms with Gasteiger partial charge < -0.3 is 20.5 Å². The summed E-state index contributed by atoms with van der Waals surface area (Å²) in [5.74, 6) is -0.673. The van der Waals surface area contributed by atoms with E-state index in [0.29, 0.717) is 0 Å². The van der Waals surface area contributed by atoms with E-state index < -0.39 is 12.2 Å². The number of ether oxygens (including phenoxy) is 2. The molecular weight excluding hydrogens is 266 g/mol. The van der Waals surface area contributed by atoms with Crippen molar-refractivity contribution < 1.29 is 23.0 Å². The van der Waals surface area contributed by atoms with Crippen molar-refractivity contribution in [2.45, 2.75) is 12.7 Å². The first-order valence-electron chi connectivity index (χ1n) is 4.84. The first-order valence-corrected chi connectivity index (χ1v) is 5.24. The zero-order valence-corrected chi connectivity index (χ0v) is 9.72. The average molecular weight is 274 g/mol. The van der Waals surface area contributed by atoms with E-state index in [0.717, 1.165) is 0 Å². The summed E-state index contributed by atoms with van der Waals surface area (Å²) in [5, 5.41) is 2.44. The van der Waals surface area contributed by atoms with Gasteiger partial charge in [-0.2, -0.15) is 0 Å². The topological polar surface area (TPSA) is 73.6 Å². The number of hydrogen-bond acceptors (Lipinski definition) is 4. The summed E-state index contributed by atoms with van der Waals surface area (Å²) in [6, 6.07) is 3.90. The van der Waals surface area contributed by atoms with Crippen molar-refractivity contribution in [2.75, 3.05) is 5.32 Å². The molecule has 0 atom stereocenters. The maximum Gasteiger partial charge on any atom is 0.586 e. The van der Waals surface area contributed by atoms with Crippen LogP contribution in [0.5, 0.6) is 11.5 Å². The number of anilines is 1. The van der Waals surface area contributed by atoms with Crippen LogP contribution in [0.4, 0.5) is 14.5 Å². The van der Waals surface area contributed by atoms with Crippen LogP contribution in [0.3, 0.4) is 0 Å². The average Bonchev–Trinajstić information content (AvgIpc) is 2.49. The van der Waals surface area contributed by atoms with E-state index >= 15 is 0 Å². The van der Waals surface area contributed by atoms with Gasteiger partial charge >= 0.3 is 6.29 Å². The maximum absolute atomic E-state index is 12.7. The molecule has 0 spiro atoms. The molecule has 96 valence electrons. The van der Waals surface area contributed by atoms with Gasteiger partial charge in [0, 0.05) is 11.8 Å². The molecule has 3 N–H and O–H groups in total. The second kappa shape index (κ2) is 4.37. The number of benzene rings is 1. The Morgan fingerprint density at radius 1 is 1.39 bits per heavy atom. The minimum Gasteiger partial charge on any atom is -0.395 e. The predicted molar refractivity (Wildman–Crippen MR) is 62.7 cm³/mol. The number of fused-ring (bicyclic) bond motifs is 1. The van der Waals surface area contributed by atoms with Crippen molar-refractivity contribution in [3.63, 3.8) is 0 Å². The molecule has 18 heavy (non-hydrogen) atoms. The van der Waals surface area contributed by atoms with E-state index in [1.165, 1.54) is 18.2 Å². The molecule has 0 radical (unpaired) electrons. The standard InChI is InChI=1S/C10H8F2N2O3S/c11-10(12)16-6-2-1-5(3-7(6)17-10)14-9(15)4-8(13)18/h1-3H,4H2,(H2,13,18)(H,14,15). The minimum absolute atomic E-state index is 0.0415. The van der Waals surface area contributed by atoms with Crippen LogP contribution < -0.4 is 20.5 Å². The summed E-state index contributed by atoms with van der Waals surface area (Å²) in [6.07, 6.45) is -3.80. The molecule has 0 fully saturated rings. The molecule has 0 saturated carbocycles. The zero-order valence-electron chi connectivity index (χ0n) is 8.91. The Morgan fingerprint density at radius 2 is 2.06 bits per heavy atom. The highest BCUT2D eigenvalue weighted by Gasteiger charge is 2.43. The number of alkyl halides is 2. The van der Waals surface area contributed by atoms with Crippen molar-refractivity contribution >= 4 is 28.8 Å². The molecule has 5 nitrogen and oxygen atoms in total. The second-order valence-corrected chi connectivity index (χ2v) is 4.04. The lowest BCUT2D eigenvalue weighted by Gasteiger charge is -2.05. The molecular formula is C10H8F2N2O3S. The summed E-state index contributed by atoms with van der Waals surface area (Å²) in [6.45, 7) is 0. The molecule has 0 unspecified atom stereocenters. The van der Waals surface area contributed by atoms with Gasteiger partial charge in [-0.25, -0.2) is 0 Å². The van der Waals surface area contributed by atoms with Gasteiger partial charge in [-0.05, 0) is 12.1 Å². The lowest BCUT2D eigenvalue weighted by molar-refractivity contribution is -0.286. The molecule has 1 aromatic rings. The van der Waals surface area contributed by atoms with Crippen molar-refractivity contribution in [2.24, 2.45) is 5.73 Å². The van der Waals surface area contributed by atoms with Crippen molar-refractivity contribution in [3.05, 3.63) is 18.2 Å². The van der Waals surface area contributed by atoms with E-state index in [1.807, 2.05) is 0 Å². The van der Waals surface area contributed by atoms with Gasteiger partial charge in [0.05, 0.1) is 11.4 Å². The highest BCUT2D eigenvalue weighted by molar-refractivity contribution is 7.80. The fourth-order valence-corrected chi connectivity index (χ4v) is 1.52. The summed E-state index contributed by atoms with van der Waals surface area (Å²) >= 11 is 4.57. The third-order valence-electron chi connectivity index (χ3n) is 2.02. The summed E-state index contributed by atoms with van der Waals surface area (Å²) in [7, 11) is 0. The molecule has 1 aliphatic rings. The number of nitrogens with one attached hydrogen (secondary N) is 1. The summed E-state index contributed by atoms with van der Waals surface area (Å²) < 4.78 is 33.9. The SMILES string of the molecule is NC(=S)CC(=O)Nc1ccc2c(c1)OC(F)(F)O2. The third-order valence-corrected chi connectivity index (χ3v) is 2.16. The quantitative estimate of drug-likeness (QED) is 0.819. The Labute approximate surface area is 106 Å². The third kappa shape index (κ3) is 2.83. The van der Waals surface area contributed by atoms with Crippen LogP contribution in [0, 0.1) is 0 Å². The molecule has 0 aliphatic carbocycles. The van der Waals surface area contributed by atoms with Gasteiger partial charge in [-0.15, -0.1) is 8.78 Å². The summed E-state index contributed by atoms with van der Waals surface area (Å²) in [4.78, 5) is 11.4. The van der Waals surface area contributed by atoms with Gasteiger partial charge in [0.2, 0.25) is 5.91 Å². The number of thiocarbonyl (C=S) groups is 1. The molecule has 1 amide bonds. The highest BCUT2D eigenvalue weighted by Crippen LogP contribution is 2.42. The van der Waals surface area contributed by atoms with Crippen molar-refractivity contribution in [1.29, 1.82) is 0 Å². The number of halogens is 2. The Bertz CT molecular complexity index is 522. The molecule has 2 rings (SSSR count). The monoisotopic (exact) mass is 274 g/mol. The predicted octanol–water partition coefficient (Wildman–Crippen LogP) is 1.62. The Balaban J connectivity index is 2.09. The van der Waals surface area contributed by atoms with Crippen molar-refractivity contribution in [3.8, 4) is 11.5 Å². The molecule has 0 aromatic heterocycles. The van der Waals surface area contributed by atoms with Gasteiger partial charge in [-0.1, -0.05) is 12.2 Å². The Hall–Kier alpha value is -1.96. The molecule has 0 bridgehead atoms. The van der Waals surface area contributed by atoms with Crippen LogP contribution in [0.1, 0.15) is 6.42 Å². The van der Waals surface area contributed by atoms with Crippen LogP contribution in [0.25, 0.3) is 0 Å². The van der Waals surface area contributed by atoms with Gasteiger partial charge in [-0.3, -0.25) is 4.79 Å². The smallest absolute Gasteiger partial charge is 0.395 e. The fraction of sp³-hybridized carbons (Fsp3) is 0.200. The van der Waals surface area contributed by atoms with E-state index in [4.69, 9.17) is 5.73 Å². The Kier molecular flexibility index (Phi) is 3.04. The van der Waals surface area contributed by atoms with Crippen LogP contribution in [0.15, 0.2) is 18.2 Å². The molecule has 1 aliphatic heterocycles. The summed E-state index contributed by atoms with van der Waals surface area (Å²) in [5.41, 5.74) is 5.49. The van der Waals surface area contributed by atoms with Gasteiger partial charge in [0.1, 0.15) is 0 Å². The highest BCUT2D eigenvalue weighted by atomic mass is 32.1. The van der Waals surface area contributed by atoms with E-state index in [2.05, 4.69) is 27.0 Å². The minimum atomic E-state index is -3.68. The van der Waals surface area contributed by atoms with Crippen LogP contribution in [-0.2, 0) is 4.79 Å². The fourth-order valence-electron chi connectivity index (χ4n) is 1.39. The molecule has 1 aromatic carbocycles. The Morgan fingerprint density at radius 3 is 2.72 bits per heavy atom. The second-order valence-electron chi connectivity index (χ2n) is 3.52. The zero-order chi connectivity index (χ0) is 13.3. The molecule has 8 heteroatoms. The lowest BCUT2D eigenvalue weighted by atomic mass is 10.2. The van der Waals surface area contributed by atoms with Crippen LogP contribution >= 0.6 is 12.2 Å². The largest absolute Gasteiger partial charge is 0.586 e. The normalized spacial score (nSPS) is 15.2. The number of hydrogen-bond donors (Lipinski definition) is 2. The number of rotatable bonds is 3. The first kappa shape index (κ1) is 12.5. The van der Waals surface area contributed by atoms with E-state index in [1.54, 1.807) is 0 Å². The first-order chi connectivity index (χ1) is 8.35. The van der Waals surface area contributed by atoms with Crippen LogP contribution in [0.2, 0.25) is 0 Å². The number of amides is 1. The number of nitrogens with two attached hydrogens (primary N) is 1. The molecule has 1 heterocycles. The van der Waals surface area contributed by atoms with Gasteiger partial charge in [0.25, 0.3) is 0 Å². The maximum atomic E-state index is 12.7. The van der Waals surface area contributed by atoms with Crippen molar-refractivity contribution in [1.82, 2.24) is 0 Å². The lowest BCUT2D eigenvalue weighted by Crippen LogP contribution is -2.25. The van der Waals surface area contributed by atoms with E-state index in [-0.39, 0.29) is 28.6 Å². The number of carbonyl (C=O) groups excluding carboxylic acids is 1. The van der Waals surface area contributed by atoms with Crippen LogP contribution in [-0.4, -0.2) is 17.2 Å². The van der Waals surface area contributed by atoms with Gasteiger partial charge in [0.15, 0.2) is 11.5 Å².